The molecule has 0 fully saturated rings. The summed E-state index contributed by atoms with van der Waals surface area (Å²) in [5.41, 5.74) is 0. The van der Waals surface area contributed by atoms with Crippen LogP contribution in [-0.2, 0) is 4.79 Å². The van der Waals surface area contributed by atoms with Crippen molar-refractivity contribution in [3.63, 3.8) is 0 Å². The molecule has 0 aliphatic rings. The zero-order valence-corrected chi connectivity index (χ0v) is 13.6. The first-order chi connectivity index (χ1) is 8.97. The Balaban J connectivity index is 4.22. The lowest BCUT2D eigenvalue weighted by molar-refractivity contribution is -0.127. The number of nitrogens with zero attached hydrogens (tertiary/aromatic N) is 2. The second-order valence-corrected chi connectivity index (χ2v) is 5.97. The molecular weight excluding hydrogens is 260 g/mol. The predicted molar refractivity (Wildman–Crippen MR) is 84.8 cm³/mol. The summed E-state index contributed by atoms with van der Waals surface area (Å²) in [5, 5.41) is 6.50. The van der Waals surface area contributed by atoms with E-state index in [4.69, 9.17) is 0 Å². The second kappa shape index (κ2) is 11.0. The van der Waals surface area contributed by atoms with E-state index in [0.29, 0.717) is 5.92 Å². The van der Waals surface area contributed by atoms with Crippen molar-refractivity contribution in [3.05, 3.63) is 0 Å². The highest BCUT2D eigenvalue weighted by atomic mass is 32.2. The molecule has 0 spiro atoms. The van der Waals surface area contributed by atoms with Crippen molar-refractivity contribution in [1.82, 2.24) is 15.5 Å². The highest BCUT2D eigenvalue weighted by Gasteiger charge is 2.04. The maximum absolute atomic E-state index is 11.5. The van der Waals surface area contributed by atoms with Gasteiger partial charge in [0.1, 0.15) is 6.54 Å². The Bertz CT molecular complexity index is 280. The van der Waals surface area contributed by atoms with Crippen LogP contribution in [0.5, 0.6) is 0 Å². The number of hydrogen-bond acceptors (Lipinski definition) is 3. The van der Waals surface area contributed by atoms with E-state index in [1.165, 1.54) is 0 Å². The van der Waals surface area contributed by atoms with Crippen LogP contribution in [0.3, 0.4) is 0 Å². The van der Waals surface area contributed by atoms with Crippen LogP contribution in [0.1, 0.15) is 20.3 Å². The van der Waals surface area contributed by atoms with Crippen molar-refractivity contribution >= 4 is 23.6 Å². The largest absolute Gasteiger partial charge is 0.356 e. The van der Waals surface area contributed by atoms with Crippen molar-refractivity contribution < 1.29 is 4.79 Å². The van der Waals surface area contributed by atoms with E-state index in [1.807, 2.05) is 0 Å². The molecule has 0 aliphatic carbocycles. The highest BCUT2D eigenvalue weighted by molar-refractivity contribution is 7.98. The van der Waals surface area contributed by atoms with Gasteiger partial charge in [0.25, 0.3) is 0 Å². The third-order valence-electron chi connectivity index (χ3n) is 2.48. The molecule has 6 heteroatoms. The predicted octanol–water partition coefficient (Wildman–Crippen LogP) is 1.02. The van der Waals surface area contributed by atoms with Gasteiger partial charge in [0, 0.05) is 32.9 Å². The van der Waals surface area contributed by atoms with Gasteiger partial charge in [-0.2, -0.15) is 11.8 Å². The summed E-state index contributed by atoms with van der Waals surface area (Å²) in [4.78, 5) is 17.4. The first kappa shape index (κ1) is 18.1. The number of hydrogen-bond donors (Lipinski definition) is 2. The summed E-state index contributed by atoms with van der Waals surface area (Å²) >= 11 is 1.78. The van der Waals surface area contributed by atoms with Crippen LogP contribution in [-0.4, -0.2) is 62.5 Å². The Morgan fingerprint density at radius 3 is 2.42 bits per heavy atom. The first-order valence-electron chi connectivity index (χ1n) is 6.68. The van der Waals surface area contributed by atoms with Gasteiger partial charge in [0.15, 0.2) is 5.96 Å². The standard InChI is InChI=1S/C13H28N4OS/c1-11(2)6-7-14-13(15-8-9-19-5)16-10-12(18)17(3)4/h11H,6-10H2,1-5H3,(H2,14,15,16). The molecule has 0 unspecified atom stereocenters. The lowest BCUT2D eigenvalue weighted by Gasteiger charge is -2.14. The molecule has 0 atom stereocenters. The maximum Gasteiger partial charge on any atom is 0.243 e. The molecule has 19 heavy (non-hydrogen) atoms. The molecule has 0 heterocycles. The maximum atomic E-state index is 11.5. The van der Waals surface area contributed by atoms with Gasteiger partial charge in [0.2, 0.25) is 5.91 Å². The average Bonchev–Trinajstić information content (AvgIpc) is 2.34. The lowest BCUT2D eigenvalue weighted by atomic mass is 10.1. The minimum absolute atomic E-state index is 0.00910. The number of guanidine groups is 1. The van der Waals surface area contributed by atoms with Crippen molar-refractivity contribution in [3.8, 4) is 0 Å². The van der Waals surface area contributed by atoms with Gasteiger partial charge in [-0.1, -0.05) is 13.8 Å². The van der Waals surface area contributed by atoms with Crippen LogP contribution in [0.25, 0.3) is 0 Å². The third kappa shape index (κ3) is 10.7. The number of carbonyl (C=O) groups excluding carboxylic acids is 1. The van der Waals surface area contributed by atoms with Gasteiger partial charge in [-0.3, -0.25) is 4.79 Å². The minimum atomic E-state index is 0.00910. The Morgan fingerprint density at radius 1 is 1.26 bits per heavy atom. The van der Waals surface area contributed by atoms with Crippen LogP contribution < -0.4 is 10.6 Å². The number of nitrogens with one attached hydrogen (secondary N) is 2. The molecule has 0 aromatic rings. The molecule has 0 saturated heterocycles. The van der Waals surface area contributed by atoms with E-state index < -0.39 is 0 Å². The number of thioether (sulfide) groups is 1. The van der Waals surface area contributed by atoms with Gasteiger partial charge < -0.3 is 15.5 Å². The van der Waals surface area contributed by atoms with E-state index in [-0.39, 0.29) is 12.5 Å². The molecule has 0 rings (SSSR count). The van der Waals surface area contributed by atoms with Gasteiger partial charge in [-0.15, -0.1) is 0 Å². The van der Waals surface area contributed by atoms with Crippen molar-refractivity contribution in [2.24, 2.45) is 10.9 Å². The number of rotatable bonds is 8. The summed E-state index contributed by atoms with van der Waals surface area (Å²) in [6.45, 7) is 6.29. The normalized spacial score (nSPS) is 11.6. The van der Waals surface area contributed by atoms with Crippen LogP contribution in [0, 0.1) is 5.92 Å². The SMILES string of the molecule is CSCCNC(=NCC(=O)N(C)C)NCCC(C)C. The van der Waals surface area contributed by atoms with E-state index in [0.717, 1.165) is 31.2 Å². The molecule has 1 amide bonds. The number of likely N-dealkylation sites (N-methyl/N-ethyl adjacent to an activating group) is 1. The fraction of sp³-hybridized carbons (Fsp3) is 0.846. The first-order valence-corrected chi connectivity index (χ1v) is 8.08. The molecule has 0 radical (unpaired) electrons. The zero-order valence-electron chi connectivity index (χ0n) is 12.8. The van der Waals surface area contributed by atoms with Crippen molar-refractivity contribution in [1.29, 1.82) is 0 Å². The molecule has 0 aromatic carbocycles. The number of carbonyl (C=O) groups is 1. The van der Waals surface area contributed by atoms with Gasteiger partial charge in [-0.05, 0) is 18.6 Å². The van der Waals surface area contributed by atoms with Gasteiger partial charge in [-0.25, -0.2) is 4.99 Å². The van der Waals surface area contributed by atoms with Crippen LogP contribution >= 0.6 is 11.8 Å². The topological polar surface area (TPSA) is 56.7 Å². The van der Waals surface area contributed by atoms with E-state index in [1.54, 1.807) is 30.8 Å². The van der Waals surface area contributed by atoms with Crippen molar-refractivity contribution in [2.75, 3.05) is 45.7 Å². The Hall–Kier alpha value is -0.910. The summed E-state index contributed by atoms with van der Waals surface area (Å²) in [6, 6.07) is 0. The molecule has 2 N–H and O–H groups in total. The summed E-state index contributed by atoms with van der Waals surface area (Å²) in [5.74, 6) is 2.41. The second-order valence-electron chi connectivity index (χ2n) is 4.98. The van der Waals surface area contributed by atoms with Crippen molar-refractivity contribution in [2.45, 2.75) is 20.3 Å². The number of aliphatic imine (C=N–C) groups is 1. The molecule has 0 bridgehead atoms. The van der Waals surface area contributed by atoms with E-state index >= 15 is 0 Å². The highest BCUT2D eigenvalue weighted by Crippen LogP contribution is 1.96. The lowest BCUT2D eigenvalue weighted by Crippen LogP contribution is -2.40. The van der Waals surface area contributed by atoms with E-state index in [2.05, 4.69) is 35.7 Å². The van der Waals surface area contributed by atoms with Crippen LogP contribution in [0.4, 0.5) is 0 Å². The van der Waals surface area contributed by atoms with Gasteiger partial charge >= 0.3 is 0 Å². The fourth-order valence-corrected chi connectivity index (χ4v) is 1.52. The summed E-state index contributed by atoms with van der Waals surface area (Å²) in [6.07, 6.45) is 3.16. The van der Waals surface area contributed by atoms with E-state index in [9.17, 15) is 4.79 Å². The Kier molecular flexibility index (Phi) is 10.4. The molecule has 0 saturated carbocycles. The monoisotopic (exact) mass is 288 g/mol. The van der Waals surface area contributed by atoms with Crippen LogP contribution in [0.15, 0.2) is 4.99 Å². The third-order valence-corrected chi connectivity index (χ3v) is 3.10. The fourth-order valence-electron chi connectivity index (χ4n) is 1.21. The zero-order chi connectivity index (χ0) is 14.7. The van der Waals surface area contributed by atoms with Crippen LogP contribution in [0.2, 0.25) is 0 Å². The minimum Gasteiger partial charge on any atom is -0.356 e. The quantitative estimate of drug-likeness (QED) is 0.398. The number of amides is 1. The molecule has 0 aromatic heterocycles. The summed E-state index contributed by atoms with van der Waals surface area (Å²) in [7, 11) is 3.48. The smallest absolute Gasteiger partial charge is 0.243 e. The average molecular weight is 288 g/mol. The molecule has 0 aliphatic heterocycles. The Labute approximate surface area is 121 Å². The molecule has 112 valence electrons. The summed E-state index contributed by atoms with van der Waals surface area (Å²) < 4.78 is 0. The molecule has 5 nitrogen and oxygen atoms in total. The van der Waals surface area contributed by atoms with Gasteiger partial charge in [0.05, 0.1) is 0 Å². The molecular formula is C13H28N4OS. The Morgan fingerprint density at radius 2 is 1.89 bits per heavy atom.